The molecule has 122 valence electrons. The number of halogens is 1. The maximum absolute atomic E-state index is 12.4. The fourth-order valence-corrected chi connectivity index (χ4v) is 3.44. The Morgan fingerprint density at radius 1 is 1.13 bits per heavy atom. The van der Waals surface area contributed by atoms with Crippen molar-refractivity contribution in [2.45, 2.75) is 12.4 Å². The Morgan fingerprint density at radius 2 is 1.70 bits per heavy atom. The van der Waals surface area contributed by atoms with E-state index >= 15 is 0 Å². The Labute approximate surface area is 139 Å². The zero-order chi connectivity index (χ0) is 16.7. The number of nitrogens with one attached hydrogen (secondary N) is 1. The molecule has 2 unspecified atom stereocenters. The largest absolute Gasteiger partial charge is 0.445 e. The average Bonchev–Trinajstić information content (AvgIpc) is 2.59. The maximum Gasteiger partial charge on any atom is 0.408 e. The summed E-state index contributed by atoms with van der Waals surface area (Å²) in [5.41, 5.74) is 1.42. The number of hydrogen-bond donors (Lipinski definition) is 1. The number of ether oxygens (including phenoxy) is 1. The molecule has 5 nitrogen and oxygen atoms in total. The highest BCUT2D eigenvalue weighted by molar-refractivity contribution is 7.85. The number of carbonyl (C=O) groups is 1. The Kier molecular flexibility index (Phi) is 6.22. The van der Waals surface area contributed by atoms with Gasteiger partial charge in [0.2, 0.25) is 0 Å². The van der Waals surface area contributed by atoms with Gasteiger partial charge in [-0.05, 0) is 22.4 Å². The molecule has 0 bridgehead atoms. The summed E-state index contributed by atoms with van der Waals surface area (Å²) in [6.07, 6.45) is -0.722. The maximum atomic E-state index is 12.4. The standard InChI is InChI=1S/C16H17ClNO4P/c1-21-23(17,20)15(14-10-6-3-7-11-14)18-16(19)22-12-13-8-4-2-5-9-13/h2-11,15H,12H2,1H3,(H,18,19). The SMILES string of the molecule is COP(=O)(Cl)C(NC(=O)OCc1ccccc1)c1ccccc1. The molecule has 23 heavy (non-hydrogen) atoms. The Hall–Kier alpha value is -1.81. The quantitative estimate of drug-likeness (QED) is 0.765. The molecule has 0 spiro atoms. The van der Waals surface area contributed by atoms with Gasteiger partial charge in [-0.2, -0.15) is 0 Å². The minimum Gasteiger partial charge on any atom is -0.445 e. The second-order valence-electron chi connectivity index (χ2n) is 4.72. The third-order valence-electron chi connectivity index (χ3n) is 3.14. The van der Waals surface area contributed by atoms with Gasteiger partial charge in [-0.25, -0.2) is 4.79 Å². The zero-order valence-electron chi connectivity index (χ0n) is 12.5. The molecule has 0 heterocycles. The monoisotopic (exact) mass is 353 g/mol. The van der Waals surface area contributed by atoms with E-state index in [1.165, 1.54) is 7.11 Å². The second-order valence-corrected chi connectivity index (χ2v) is 8.06. The van der Waals surface area contributed by atoms with Gasteiger partial charge in [0, 0.05) is 7.11 Å². The first-order valence-electron chi connectivity index (χ1n) is 6.90. The van der Waals surface area contributed by atoms with E-state index in [1.807, 2.05) is 30.3 Å². The molecule has 0 aliphatic heterocycles. The zero-order valence-corrected chi connectivity index (χ0v) is 14.2. The van der Waals surface area contributed by atoms with Crippen LogP contribution in [0.1, 0.15) is 16.9 Å². The van der Waals surface area contributed by atoms with Gasteiger partial charge in [-0.1, -0.05) is 60.7 Å². The lowest BCUT2D eigenvalue weighted by Crippen LogP contribution is -2.28. The van der Waals surface area contributed by atoms with Crippen LogP contribution in [0.25, 0.3) is 0 Å². The summed E-state index contributed by atoms with van der Waals surface area (Å²) in [7, 11) is 1.24. The van der Waals surface area contributed by atoms with Crippen molar-refractivity contribution in [1.82, 2.24) is 5.32 Å². The topological polar surface area (TPSA) is 64.6 Å². The van der Waals surface area contributed by atoms with E-state index in [2.05, 4.69) is 5.32 Å². The molecule has 0 radical (unpaired) electrons. The third kappa shape index (κ3) is 5.10. The van der Waals surface area contributed by atoms with Crippen molar-refractivity contribution in [3.63, 3.8) is 0 Å². The molecular weight excluding hydrogens is 337 g/mol. The minimum atomic E-state index is -3.59. The summed E-state index contributed by atoms with van der Waals surface area (Å²) in [6.45, 7) is -3.49. The van der Waals surface area contributed by atoms with Crippen LogP contribution in [0.4, 0.5) is 4.79 Å². The predicted octanol–water partition coefficient (Wildman–Crippen LogP) is 4.69. The molecule has 2 rings (SSSR count). The van der Waals surface area contributed by atoms with E-state index in [1.54, 1.807) is 30.3 Å². The molecule has 2 atom stereocenters. The fraction of sp³-hybridized carbons (Fsp3) is 0.188. The highest BCUT2D eigenvalue weighted by atomic mass is 35.7. The van der Waals surface area contributed by atoms with Gasteiger partial charge in [0.1, 0.15) is 12.4 Å². The first-order chi connectivity index (χ1) is 11.0. The van der Waals surface area contributed by atoms with E-state index in [4.69, 9.17) is 20.5 Å². The van der Waals surface area contributed by atoms with Gasteiger partial charge in [0.15, 0.2) is 0 Å². The number of alkyl carbamates (subject to hydrolysis) is 1. The van der Waals surface area contributed by atoms with Crippen LogP contribution < -0.4 is 5.32 Å². The smallest absolute Gasteiger partial charge is 0.408 e. The van der Waals surface area contributed by atoms with Crippen molar-refractivity contribution in [2.24, 2.45) is 0 Å². The Balaban J connectivity index is 2.06. The lowest BCUT2D eigenvalue weighted by Gasteiger charge is -2.22. The van der Waals surface area contributed by atoms with Crippen molar-refractivity contribution in [3.8, 4) is 0 Å². The highest BCUT2D eigenvalue weighted by Gasteiger charge is 2.34. The summed E-state index contributed by atoms with van der Waals surface area (Å²) in [4.78, 5) is 12.0. The molecule has 0 aliphatic carbocycles. The number of amides is 1. The summed E-state index contributed by atoms with van der Waals surface area (Å²) in [5.74, 6) is -0.987. The lowest BCUT2D eigenvalue weighted by molar-refractivity contribution is 0.138. The molecule has 0 fully saturated rings. The van der Waals surface area contributed by atoms with Gasteiger partial charge in [-0.3, -0.25) is 4.57 Å². The highest BCUT2D eigenvalue weighted by Crippen LogP contribution is 2.62. The number of carbonyl (C=O) groups excluding carboxylic acids is 1. The fourth-order valence-electron chi connectivity index (χ4n) is 1.96. The predicted molar refractivity (Wildman–Crippen MR) is 89.4 cm³/mol. The van der Waals surface area contributed by atoms with E-state index in [0.29, 0.717) is 5.56 Å². The molecule has 2 aromatic rings. The second kappa shape index (κ2) is 8.16. The van der Waals surface area contributed by atoms with Crippen LogP contribution in [0.3, 0.4) is 0 Å². The normalized spacial score (nSPS) is 14.5. The first-order valence-corrected chi connectivity index (χ1v) is 9.50. The molecule has 0 aromatic heterocycles. The van der Waals surface area contributed by atoms with Crippen molar-refractivity contribution in [1.29, 1.82) is 0 Å². The summed E-state index contributed by atoms with van der Waals surface area (Å²) in [5, 5.41) is 2.51. The molecule has 0 aliphatic rings. The van der Waals surface area contributed by atoms with E-state index < -0.39 is 18.6 Å². The van der Waals surface area contributed by atoms with Crippen LogP contribution in [0, 0.1) is 0 Å². The number of hydrogen-bond acceptors (Lipinski definition) is 4. The third-order valence-corrected chi connectivity index (χ3v) is 5.68. The first kappa shape index (κ1) is 17.5. The van der Waals surface area contributed by atoms with E-state index in [-0.39, 0.29) is 6.61 Å². The van der Waals surface area contributed by atoms with Gasteiger partial charge in [-0.15, -0.1) is 0 Å². The molecule has 0 saturated carbocycles. The lowest BCUT2D eigenvalue weighted by atomic mass is 10.2. The van der Waals surface area contributed by atoms with E-state index in [0.717, 1.165) is 5.56 Å². The molecule has 1 N–H and O–H groups in total. The minimum absolute atomic E-state index is 0.105. The molecular formula is C16H17ClNO4P. The van der Waals surface area contributed by atoms with E-state index in [9.17, 15) is 9.36 Å². The average molecular weight is 354 g/mol. The van der Waals surface area contributed by atoms with Crippen LogP contribution >= 0.6 is 18.0 Å². The van der Waals surface area contributed by atoms with Crippen molar-refractivity contribution in [3.05, 3.63) is 71.8 Å². The van der Waals surface area contributed by atoms with Crippen LogP contribution in [0.5, 0.6) is 0 Å². The number of benzene rings is 2. The van der Waals surface area contributed by atoms with Crippen molar-refractivity contribution in [2.75, 3.05) is 7.11 Å². The van der Waals surface area contributed by atoms with Gasteiger partial charge in [0.25, 0.3) is 0 Å². The molecule has 0 saturated heterocycles. The number of rotatable bonds is 6. The Morgan fingerprint density at radius 3 is 2.26 bits per heavy atom. The van der Waals surface area contributed by atoms with Gasteiger partial charge < -0.3 is 14.6 Å². The van der Waals surface area contributed by atoms with Gasteiger partial charge in [0.05, 0.1) is 0 Å². The Bertz CT molecular complexity index is 681. The van der Waals surface area contributed by atoms with Crippen LogP contribution in [0.15, 0.2) is 60.7 Å². The molecule has 7 heteroatoms. The molecule has 1 amide bonds. The summed E-state index contributed by atoms with van der Waals surface area (Å²) in [6, 6.07) is 18.0. The van der Waals surface area contributed by atoms with Crippen LogP contribution in [-0.2, 0) is 20.4 Å². The van der Waals surface area contributed by atoms with Gasteiger partial charge >= 0.3 is 12.8 Å². The van der Waals surface area contributed by atoms with Crippen molar-refractivity contribution < 1.29 is 18.6 Å². The van der Waals surface area contributed by atoms with Crippen molar-refractivity contribution >= 4 is 24.1 Å². The molecule has 2 aromatic carbocycles. The van der Waals surface area contributed by atoms with Crippen LogP contribution in [-0.4, -0.2) is 13.2 Å². The summed E-state index contributed by atoms with van der Waals surface area (Å²) >= 11 is 5.95. The van der Waals surface area contributed by atoms with Crippen LogP contribution in [0.2, 0.25) is 0 Å². The summed E-state index contributed by atoms with van der Waals surface area (Å²) < 4.78 is 22.4.